The Morgan fingerprint density at radius 1 is 1.44 bits per heavy atom. The van der Waals surface area contributed by atoms with E-state index in [1.165, 1.54) is 31.9 Å². The van der Waals surface area contributed by atoms with Crippen LogP contribution in [0.1, 0.15) is 39.5 Å². The first-order valence-corrected chi connectivity index (χ1v) is 6.73. The van der Waals surface area contributed by atoms with E-state index in [1.807, 2.05) is 6.92 Å². The number of hydrogen-bond donors (Lipinski definition) is 2. The molecule has 18 heavy (non-hydrogen) atoms. The Bertz CT molecular complexity index is 391. The van der Waals surface area contributed by atoms with Crippen molar-refractivity contribution in [3.63, 3.8) is 0 Å². The number of aromatic nitrogens is 2. The van der Waals surface area contributed by atoms with Crippen molar-refractivity contribution in [3.8, 4) is 0 Å². The van der Waals surface area contributed by atoms with Crippen LogP contribution in [0.3, 0.4) is 0 Å². The van der Waals surface area contributed by atoms with Gasteiger partial charge in [0.05, 0.1) is 6.20 Å². The fourth-order valence-electron chi connectivity index (χ4n) is 2.50. The van der Waals surface area contributed by atoms with E-state index >= 15 is 0 Å². The van der Waals surface area contributed by atoms with Gasteiger partial charge >= 0.3 is 0 Å². The quantitative estimate of drug-likeness (QED) is 0.845. The van der Waals surface area contributed by atoms with Gasteiger partial charge in [-0.25, -0.2) is 9.37 Å². The maximum atomic E-state index is 13.6. The van der Waals surface area contributed by atoms with Crippen LogP contribution >= 0.6 is 0 Å². The minimum Gasteiger partial charge on any atom is -0.365 e. The van der Waals surface area contributed by atoms with Crippen LogP contribution in [0.4, 0.5) is 16.2 Å². The van der Waals surface area contributed by atoms with Gasteiger partial charge in [0.2, 0.25) is 5.95 Å². The minimum absolute atomic E-state index is 0.256. The highest BCUT2D eigenvalue weighted by Crippen LogP contribution is 2.29. The van der Waals surface area contributed by atoms with Crippen molar-refractivity contribution in [2.45, 2.75) is 45.6 Å². The van der Waals surface area contributed by atoms with Crippen LogP contribution in [-0.2, 0) is 0 Å². The van der Waals surface area contributed by atoms with Gasteiger partial charge in [0.1, 0.15) is 0 Å². The molecule has 2 rings (SSSR count). The topological polar surface area (TPSA) is 49.8 Å². The molecule has 2 N–H and O–H groups in total. The van der Waals surface area contributed by atoms with Crippen molar-refractivity contribution in [2.75, 3.05) is 17.2 Å². The van der Waals surface area contributed by atoms with Gasteiger partial charge in [-0.2, -0.15) is 4.98 Å². The van der Waals surface area contributed by atoms with Gasteiger partial charge in [0, 0.05) is 12.6 Å². The Hall–Kier alpha value is -1.39. The Morgan fingerprint density at radius 3 is 2.83 bits per heavy atom. The summed E-state index contributed by atoms with van der Waals surface area (Å²) in [5, 5.41) is 6.17. The van der Waals surface area contributed by atoms with E-state index in [9.17, 15) is 4.39 Å². The molecular formula is C13H21FN4. The molecule has 0 amide bonds. The summed E-state index contributed by atoms with van der Waals surface area (Å²) in [5.41, 5.74) is 0. The third-order valence-corrected chi connectivity index (χ3v) is 3.55. The molecule has 1 fully saturated rings. The third kappa shape index (κ3) is 3.09. The minimum atomic E-state index is -0.388. The first-order chi connectivity index (χ1) is 8.70. The summed E-state index contributed by atoms with van der Waals surface area (Å²) in [5.74, 6) is 1.02. The number of halogens is 1. The standard InChI is InChI=1S/C13H21FN4/c1-3-15-13-16-8-11(14)12(18-13)17-9(2)10-6-4-5-7-10/h8-10H,3-7H2,1-2H3,(H2,15,16,17,18). The summed E-state index contributed by atoms with van der Waals surface area (Å²) in [7, 11) is 0. The van der Waals surface area contributed by atoms with Crippen LogP contribution in [0.15, 0.2) is 6.20 Å². The molecule has 0 bridgehead atoms. The fraction of sp³-hybridized carbons (Fsp3) is 0.692. The van der Waals surface area contributed by atoms with Crippen LogP contribution in [0, 0.1) is 11.7 Å². The van der Waals surface area contributed by atoms with E-state index in [2.05, 4.69) is 27.5 Å². The first-order valence-electron chi connectivity index (χ1n) is 6.73. The summed E-state index contributed by atoms with van der Waals surface area (Å²) in [4.78, 5) is 8.06. The zero-order valence-corrected chi connectivity index (χ0v) is 11.0. The molecule has 1 heterocycles. The first kappa shape index (κ1) is 13.1. The summed E-state index contributed by atoms with van der Waals surface area (Å²) in [6.45, 7) is 4.79. The molecule has 0 aliphatic heterocycles. The predicted octanol–water partition coefficient (Wildman–Crippen LogP) is 3.04. The average Bonchev–Trinajstić information content (AvgIpc) is 2.87. The Morgan fingerprint density at radius 2 is 2.17 bits per heavy atom. The summed E-state index contributed by atoms with van der Waals surface area (Å²) in [6, 6.07) is 0.256. The number of rotatable bonds is 5. The zero-order valence-electron chi connectivity index (χ0n) is 11.0. The Balaban J connectivity index is 2.04. The molecule has 1 aromatic heterocycles. The van der Waals surface area contributed by atoms with Crippen LogP contribution in [-0.4, -0.2) is 22.6 Å². The van der Waals surface area contributed by atoms with Crippen LogP contribution in [0.25, 0.3) is 0 Å². The van der Waals surface area contributed by atoms with E-state index in [0.717, 1.165) is 6.54 Å². The van der Waals surface area contributed by atoms with Crippen LogP contribution in [0.5, 0.6) is 0 Å². The molecule has 5 heteroatoms. The molecule has 1 aromatic rings. The molecule has 0 aromatic carbocycles. The molecule has 1 atom stereocenters. The Kier molecular flexibility index (Phi) is 4.33. The number of anilines is 2. The SMILES string of the molecule is CCNc1ncc(F)c(NC(C)C2CCCC2)n1. The van der Waals surface area contributed by atoms with E-state index < -0.39 is 0 Å². The van der Waals surface area contributed by atoms with E-state index in [1.54, 1.807) is 0 Å². The van der Waals surface area contributed by atoms with E-state index in [0.29, 0.717) is 17.7 Å². The van der Waals surface area contributed by atoms with Gasteiger partial charge in [-0.05, 0) is 32.6 Å². The number of nitrogens with zero attached hydrogens (tertiary/aromatic N) is 2. The molecule has 1 unspecified atom stereocenters. The molecule has 0 saturated heterocycles. The van der Waals surface area contributed by atoms with Crippen LogP contribution in [0.2, 0.25) is 0 Å². The lowest BCUT2D eigenvalue weighted by Gasteiger charge is -2.21. The maximum Gasteiger partial charge on any atom is 0.224 e. The maximum absolute atomic E-state index is 13.6. The highest BCUT2D eigenvalue weighted by atomic mass is 19.1. The molecule has 4 nitrogen and oxygen atoms in total. The smallest absolute Gasteiger partial charge is 0.224 e. The lowest BCUT2D eigenvalue weighted by molar-refractivity contribution is 0.477. The normalized spacial score (nSPS) is 17.7. The fourth-order valence-corrected chi connectivity index (χ4v) is 2.50. The van der Waals surface area contributed by atoms with E-state index in [4.69, 9.17) is 0 Å². The third-order valence-electron chi connectivity index (χ3n) is 3.55. The molecule has 1 saturated carbocycles. The second-order valence-electron chi connectivity index (χ2n) is 4.90. The van der Waals surface area contributed by atoms with Crippen molar-refractivity contribution in [2.24, 2.45) is 5.92 Å². The summed E-state index contributed by atoms with van der Waals surface area (Å²) >= 11 is 0. The molecule has 1 aliphatic carbocycles. The van der Waals surface area contributed by atoms with Crippen molar-refractivity contribution < 1.29 is 4.39 Å². The van der Waals surface area contributed by atoms with Gasteiger partial charge in [-0.15, -0.1) is 0 Å². The van der Waals surface area contributed by atoms with Crippen molar-refractivity contribution in [1.29, 1.82) is 0 Å². The molecule has 0 radical (unpaired) electrons. The van der Waals surface area contributed by atoms with Gasteiger partial charge in [-0.1, -0.05) is 12.8 Å². The predicted molar refractivity (Wildman–Crippen MR) is 71.2 cm³/mol. The van der Waals surface area contributed by atoms with Gasteiger partial charge in [-0.3, -0.25) is 0 Å². The second kappa shape index (κ2) is 5.98. The van der Waals surface area contributed by atoms with Gasteiger partial charge in [0.25, 0.3) is 0 Å². The summed E-state index contributed by atoms with van der Waals surface area (Å²) in [6.07, 6.45) is 6.23. The summed E-state index contributed by atoms with van der Waals surface area (Å²) < 4.78 is 13.6. The second-order valence-corrected chi connectivity index (χ2v) is 4.90. The molecule has 100 valence electrons. The van der Waals surface area contributed by atoms with Crippen molar-refractivity contribution in [3.05, 3.63) is 12.0 Å². The zero-order chi connectivity index (χ0) is 13.0. The van der Waals surface area contributed by atoms with Gasteiger partial charge < -0.3 is 10.6 Å². The number of nitrogens with one attached hydrogen (secondary N) is 2. The van der Waals surface area contributed by atoms with Crippen molar-refractivity contribution >= 4 is 11.8 Å². The largest absolute Gasteiger partial charge is 0.365 e. The highest BCUT2D eigenvalue weighted by Gasteiger charge is 2.22. The Labute approximate surface area is 107 Å². The van der Waals surface area contributed by atoms with E-state index in [-0.39, 0.29) is 11.9 Å². The molecule has 1 aliphatic rings. The lowest BCUT2D eigenvalue weighted by Crippen LogP contribution is -2.25. The monoisotopic (exact) mass is 252 g/mol. The van der Waals surface area contributed by atoms with Crippen LogP contribution < -0.4 is 10.6 Å². The van der Waals surface area contributed by atoms with Gasteiger partial charge in [0.15, 0.2) is 11.6 Å². The molecule has 0 spiro atoms. The van der Waals surface area contributed by atoms with Crippen molar-refractivity contribution in [1.82, 2.24) is 9.97 Å². The lowest BCUT2D eigenvalue weighted by atomic mass is 10.00. The molecular weight excluding hydrogens is 231 g/mol. The average molecular weight is 252 g/mol. The number of hydrogen-bond acceptors (Lipinski definition) is 4. The highest BCUT2D eigenvalue weighted by molar-refractivity contribution is 5.41.